The molecular weight excluding hydrogens is 322 g/mol. The van der Waals surface area contributed by atoms with Crippen molar-refractivity contribution in [2.24, 2.45) is 24.3 Å². The fourth-order valence-electron chi connectivity index (χ4n) is 3.33. The van der Waals surface area contributed by atoms with Crippen molar-refractivity contribution in [1.29, 1.82) is 0 Å². The van der Waals surface area contributed by atoms with Crippen LogP contribution in [-0.4, -0.2) is 9.25 Å². The van der Waals surface area contributed by atoms with E-state index in [1.165, 1.54) is 5.52 Å². The predicted octanol–water partition coefficient (Wildman–Crippen LogP) is 4.83. The van der Waals surface area contributed by atoms with Crippen LogP contribution in [0, 0.1) is 13.8 Å². The van der Waals surface area contributed by atoms with Crippen molar-refractivity contribution in [1.82, 2.24) is 9.25 Å². The molecule has 0 unspecified atom stereocenters. The minimum Gasteiger partial charge on any atom is -0.346 e. The predicted molar refractivity (Wildman–Crippen MR) is 104 cm³/mol. The topological polar surface area (TPSA) is 38.5 Å². The summed E-state index contributed by atoms with van der Waals surface area (Å²) in [6.07, 6.45) is 0. The van der Waals surface area contributed by atoms with Crippen LogP contribution < -0.4 is 4.68 Å². The van der Waals surface area contributed by atoms with Gasteiger partial charge in [-0.2, -0.15) is 0 Å². The van der Waals surface area contributed by atoms with E-state index in [9.17, 15) is 0 Å². The lowest BCUT2D eigenvalue weighted by Crippen LogP contribution is -2.39. The molecule has 2 aromatic heterocycles. The molecule has 4 rings (SSSR count). The summed E-state index contributed by atoms with van der Waals surface area (Å²) in [5, 5.41) is 10.4. The summed E-state index contributed by atoms with van der Waals surface area (Å²) >= 11 is 0. The highest BCUT2D eigenvalue weighted by molar-refractivity contribution is 5.93. The molecule has 5 nitrogen and oxygen atoms in total. The average molecular weight is 344 g/mol. The van der Waals surface area contributed by atoms with Gasteiger partial charge < -0.3 is 4.57 Å². The highest BCUT2D eigenvalue weighted by Crippen LogP contribution is 2.33. The van der Waals surface area contributed by atoms with E-state index in [4.69, 9.17) is 0 Å². The number of hydrogen-bond donors (Lipinski definition) is 0. The Labute approximate surface area is 152 Å². The minimum absolute atomic E-state index is 0.809. The third-order valence-corrected chi connectivity index (χ3v) is 4.98. The van der Waals surface area contributed by atoms with E-state index in [1.807, 2.05) is 37.4 Å². The fourth-order valence-corrected chi connectivity index (χ4v) is 3.33. The normalized spacial score (nSPS) is 11.7. The molecule has 0 amide bonds. The molecule has 130 valence electrons. The van der Waals surface area contributed by atoms with Crippen molar-refractivity contribution >= 4 is 22.4 Å². The van der Waals surface area contributed by atoms with Crippen LogP contribution in [0.4, 0.5) is 11.5 Å². The zero-order valence-electron chi connectivity index (χ0n) is 15.5. The quantitative estimate of drug-likeness (QED) is 0.377. The number of rotatable bonds is 3. The second-order valence-corrected chi connectivity index (χ2v) is 6.53. The van der Waals surface area contributed by atoms with E-state index < -0.39 is 0 Å². The largest absolute Gasteiger partial charge is 0.376 e. The van der Waals surface area contributed by atoms with Gasteiger partial charge in [0, 0.05) is 25.2 Å². The molecule has 2 aromatic carbocycles. The van der Waals surface area contributed by atoms with Gasteiger partial charge in [-0.25, -0.2) is 4.68 Å². The van der Waals surface area contributed by atoms with Crippen LogP contribution in [0.5, 0.6) is 0 Å². The van der Waals surface area contributed by atoms with Crippen molar-refractivity contribution in [3.05, 3.63) is 72.1 Å². The van der Waals surface area contributed by atoms with Crippen molar-refractivity contribution in [2.75, 3.05) is 0 Å². The average Bonchev–Trinajstić information content (AvgIpc) is 3.08. The molecular formula is C21H22N5+. The van der Waals surface area contributed by atoms with Crippen LogP contribution in [0.1, 0.15) is 11.4 Å². The molecule has 0 N–H and O–H groups in total. The van der Waals surface area contributed by atoms with Gasteiger partial charge in [-0.1, -0.05) is 36.4 Å². The summed E-state index contributed by atoms with van der Waals surface area (Å²) in [5.41, 5.74) is 5.38. The number of aromatic nitrogens is 3. The summed E-state index contributed by atoms with van der Waals surface area (Å²) < 4.78 is 6.31. The van der Waals surface area contributed by atoms with Crippen LogP contribution in [0.3, 0.4) is 0 Å². The minimum atomic E-state index is 0.809. The van der Waals surface area contributed by atoms with Crippen molar-refractivity contribution < 1.29 is 4.68 Å². The Kier molecular flexibility index (Phi) is 3.92. The van der Waals surface area contributed by atoms with Crippen molar-refractivity contribution in [3.63, 3.8) is 0 Å². The summed E-state index contributed by atoms with van der Waals surface area (Å²) in [6, 6.07) is 20.6. The SMILES string of the molecule is Cc1c(N=Nc2cc(C)n(C)[n+]2-c2ccccc2)c2ccccc2n1C. The Morgan fingerprint density at radius 1 is 0.846 bits per heavy atom. The van der Waals surface area contributed by atoms with Crippen LogP contribution in [0.25, 0.3) is 16.6 Å². The molecule has 0 saturated carbocycles. The third kappa shape index (κ3) is 2.52. The summed E-state index contributed by atoms with van der Waals surface area (Å²) in [4.78, 5) is 0. The van der Waals surface area contributed by atoms with E-state index in [1.54, 1.807) is 0 Å². The van der Waals surface area contributed by atoms with Gasteiger partial charge >= 0.3 is 5.82 Å². The second-order valence-electron chi connectivity index (χ2n) is 6.53. The molecule has 0 aliphatic carbocycles. The van der Waals surface area contributed by atoms with Crippen molar-refractivity contribution in [3.8, 4) is 5.69 Å². The Balaban J connectivity index is 1.85. The number of hydrogen-bond acceptors (Lipinski definition) is 2. The van der Waals surface area contributed by atoms with Crippen LogP contribution >= 0.6 is 0 Å². The fraction of sp³-hybridized carbons (Fsp3) is 0.190. The van der Waals surface area contributed by atoms with Gasteiger partial charge in [0.05, 0.1) is 22.4 Å². The van der Waals surface area contributed by atoms with E-state index in [0.29, 0.717) is 0 Å². The molecule has 0 radical (unpaired) electrons. The smallest absolute Gasteiger partial charge is 0.346 e. The number of benzene rings is 2. The first-order valence-electron chi connectivity index (χ1n) is 8.68. The lowest BCUT2D eigenvalue weighted by Gasteiger charge is -2.02. The van der Waals surface area contributed by atoms with Gasteiger partial charge in [-0.3, -0.25) is 0 Å². The van der Waals surface area contributed by atoms with E-state index in [-0.39, 0.29) is 0 Å². The molecule has 5 heteroatoms. The molecule has 4 aromatic rings. The summed E-state index contributed by atoms with van der Waals surface area (Å²) in [6.45, 7) is 4.15. The maximum absolute atomic E-state index is 4.64. The molecule has 0 atom stereocenters. The zero-order valence-corrected chi connectivity index (χ0v) is 15.5. The third-order valence-electron chi connectivity index (χ3n) is 4.98. The first-order valence-corrected chi connectivity index (χ1v) is 8.68. The maximum Gasteiger partial charge on any atom is 0.376 e. The van der Waals surface area contributed by atoms with Gasteiger partial charge in [-0.05, 0) is 37.2 Å². The Morgan fingerprint density at radius 2 is 1.54 bits per heavy atom. The lowest BCUT2D eigenvalue weighted by atomic mass is 10.2. The molecule has 26 heavy (non-hydrogen) atoms. The maximum atomic E-state index is 4.64. The van der Waals surface area contributed by atoms with Gasteiger partial charge in [0.25, 0.3) is 0 Å². The summed E-state index contributed by atoms with van der Waals surface area (Å²) in [5.74, 6) is 0.809. The Morgan fingerprint density at radius 3 is 2.31 bits per heavy atom. The summed E-state index contributed by atoms with van der Waals surface area (Å²) in [7, 11) is 4.10. The van der Waals surface area contributed by atoms with E-state index in [2.05, 4.69) is 75.4 Å². The van der Waals surface area contributed by atoms with Crippen LogP contribution in [0.15, 0.2) is 70.9 Å². The highest BCUT2D eigenvalue weighted by atomic mass is 15.4. The number of fused-ring (bicyclic) bond motifs is 1. The molecule has 0 aliphatic rings. The van der Waals surface area contributed by atoms with Gasteiger partial charge in [0.1, 0.15) is 5.69 Å². The van der Waals surface area contributed by atoms with Crippen molar-refractivity contribution in [2.45, 2.75) is 13.8 Å². The molecule has 2 heterocycles. The first kappa shape index (κ1) is 16.3. The molecule has 0 spiro atoms. The van der Waals surface area contributed by atoms with Crippen LogP contribution in [-0.2, 0) is 14.1 Å². The van der Waals surface area contributed by atoms with E-state index in [0.717, 1.165) is 34.0 Å². The van der Waals surface area contributed by atoms with E-state index >= 15 is 0 Å². The zero-order chi connectivity index (χ0) is 18.3. The molecule has 0 saturated heterocycles. The molecule has 0 bridgehead atoms. The monoisotopic (exact) mass is 344 g/mol. The Hall–Kier alpha value is -3.21. The first-order chi connectivity index (χ1) is 12.6. The van der Waals surface area contributed by atoms with Gasteiger partial charge in [-0.15, -0.1) is 4.68 Å². The van der Waals surface area contributed by atoms with Gasteiger partial charge in [0.15, 0.2) is 5.69 Å². The lowest BCUT2D eigenvalue weighted by molar-refractivity contribution is -0.670. The van der Waals surface area contributed by atoms with Gasteiger partial charge in [0.2, 0.25) is 0 Å². The number of aryl methyl sites for hydroxylation is 2. The number of nitrogens with zero attached hydrogens (tertiary/aromatic N) is 5. The Bertz CT molecular complexity index is 1120. The molecule has 0 fully saturated rings. The highest BCUT2D eigenvalue weighted by Gasteiger charge is 2.20. The standard InChI is InChI=1S/C21H22N5/c1-15-14-20(26(25(15)4)17-10-6-5-7-11-17)22-23-21-16(2)24(3)19-13-9-8-12-18(19)21/h5-14H,1-4H3/q+1. The second kappa shape index (κ2) is 6.26. The number of azo groups is 1. The molecule has 0 aliphatic heterocycles. The number of para-hydroxylation sites is 2. The van der Waals surface area contributed by atoms with Crippen LogP contribution in [0.2, 0.25) is 0 Å².